The third kappa shape index (κ3) is 3.52. The van der Waals surface area contributed by atoms with Crippen LogP contribution in [0.15, 0.2) is 36.8 Å². The normalized spacial score (nSPS) is 17.1. The molecule has 1 N–H and O–H groups in total. The summed E-state index contributed by atoms with van der Waals surface area (Å²) in [6.07, 6.45) is 5.01. The van der Waals surface area contributed by atoms with Crippen molar-refractivity contribution in [1.29, 1.82) is 0 Å². The minimum atomic E-state index is -3.71. The molecule has 0 saturated heterocycles. The molecule has 11 heteroatoms. The summed E-state index contributed by atoms with van der Waals surface area (Å²) in [6.45, 7) is 3.88. The Morgan fingerprint density at radius 3 is 2.66 bits per heavy atom. The monoisotopic (exact) mass is 482 g/mol. The topological polar surface area (TPSA) is 78.4 Å². The van der Waals surface area contributed by atoms with E-state index in [4.69, 9.17) is 0 Å². The number of aromatic nitrogens is 7. The maximum Gasteiger partial charge on any atom is 0.336 e. The molecule has 1 unspecified atom stereocenters. The molecular weight excluding hydrogens is 457 g/mol. The summed E-state index contributed by atoms with van der Waals surface area (Å²) in [5.74, 6) is -2.50. The van der Waals surface area contributed by atoms with Crippen molar-refractivity contribution in [2.45, 2.75) is 51.9 Å². The standard InChI is InChI=1S/C24H25F3N8/c1-14-10-28-19(30-20-4-7-29-33(20)3)9-17(14)16-8-18-21-31-32-22(24(26,27)15(2)25)35(21)13-23(5-6-23)12-34(18)11-16/h4,7-11,15H,5-6,12-13H2,1-3H3,(H,28,30). The second-order valence-electron chi connectivity index (χ2n) is 9.76. The Kier molecular flexibility index (Phi) is 4.64. The molecule has 182 valence electrons. The molecule has 1 fully saturated rings. The Morgan fingerprint density at radius 1 is 1.17 bits per heavy atom. The average molecular weight is 483 g/mol. The van der Waals surface area contributed by atoms with Crippen LogP contribution in [0.5, 0.6) is 0 Å². The van der Waals surface area contributed by atoms with Gasteiger partial charge >= 0.3 is 5.92 Å². The van der Waals surface area contributed by atoms with Crippen LogP contribution in [0.1, 0.15) is 31.2 Å². The van der Waals surface area contributed by atoms with E-state index in [2.05, 4.69) is 30.2 Å². The van der Waals surface area contributed by atoms with Crippen LogP contribution in [0.2, 0.25) is 0 Å². The Morgan fingerprint density at radius 2 is 1.97 bits per heavy atom. The molecule has 5 heterocycles. The number of rotatable bonds is 5. The molecule has 8 nitrogen and oxygen atoms in total. The first-order chi connectivity index (χ1) is 16.7. The van der Waals surface area contributed by atoms with Gasteiger partial charge in [0.1, 0.15) is 11.6 Å². The molecule has 0 bridgehead atoms. The van der Waals surface area contributed by atoms with Crippen molar-refractivity contribution in [3.8, 4) is 22.6 Å². The Balaban J connectivity index is 1.44. The Bertz CT molecular complexity index is 1430. The summed E-state index contributed by atoms with van der Waals surface area (Å²) in [5, 5.41) is 15.3. The zero-order valence-electron chi connectivity index (χ0n) is 19.6. The molecule has 6 rings (SSSR count). The van der Waals surface area contributed by atoms with Crippen molar-refractivity contribution >= 4 is 11.6 Å². The molecule has 0 aromatic carbocycles. The van der Waals surface area contributed by atoms with E-state index in [1.165, 1.54) is 4.57 Å². The molecule has 4 aromatic rings. The van der Waals surface area contributed by atoms with Gasteiger partial charge in [-0.05, 0) is 49.9 Å². The molecule has 0 amide bonds. The molecule has 1 atom stereocenters. The zero-order valence-corrected chi connectivity index (χ0v) is 19.6. The van der Waals surface area contributed by atoms with Gasteiger partial charge in [0.25, 0.3) is 0 Å². The lowest BCUT2D eigenvalue weighted by Crippen LogP contribution is -2.30. The summed E-state index contributed by atoms with van der Waals surface area (Å²) in [5.41, 5.74) is 3.41. The number of hydrogen-bond acceptors (Lipinski definition) is 5. The molecule has 4 aromatic heterocycles. The van der Waals surface area contributed by atoms with Crippen molar-refractivity contribution in [2.75, 3.05) is 5.32 Å². The number of nitrogens with zero attached hydrogens (tertiary/aromatic N) is 7. The first-order valence-electron chi connectivity index (χ1n) is 11.5. The van der Waals surface area contributed by atoms with Crippen LogP contribution in [-0.2, 0) is 26.1 Å². The van der Waals surface area contributed by atoms with Gasteiger partial charge in [0.05, 0.1) is 11.9 Å². The lowest BCUT2D eigenvalue weighted by Gasteiger charge is -2.20. The van der Waals surface area contributed by atoms with Gasteiger partial charge < -0.3 is 14.5 Å². The van der Waals surface area contributed by atoms with E-state index in [1.807, 2.05) is 38.4 Å². The van der Waals surface area contributed by atoms with E-state index < -0.39 is 17.9 Å². The largest absolute Gasteiger partial charge is 0.344 e. The smallest absolute Gasteiger partial charge is 0.336 e. The molecule has 35 heavy (non-hydrogen) atoms. The summed E-state index contributed by atoms with van der Waals surface area (Å²) >= 11 is 0. The minimum absolute atomic E-state index is 0.150. The predicted molar refractivity (Wildman–Crippen MR) is 124 cm³/mol. The number of alkyl halides is 3. The van der Waals surface area contributed by atoms with Crippen molar-refractivity contribution in [3.05, 3.63) is 48.2 Å². The van der Waals surface area contributed by atoms with Gasteiger partial charge in [0.2, 0.25) is 5.82 Å². The summed E-state index contributed by atoms with van der Waals surface area (Å²) in [4.78, 5) is 4.49. The van der Waals surface area contributed by atoms with E-state index >= 15 is 0 Å². The van der Waals surface area contributed by atoms with E-state index in [1.54, 1.807) is 17.1 Å². The molecular formula is C24H25F3N8. The number of halogens is 3. The van der Waals surface area contributed by atoms with E-state index in [-0.39, 0.29) is 5.41 Å². The quantitative estimate of drug-likeness (QED) is 0.441. The third-order valence-electron chi connectivity index (χ3n) is 7.12. The van der Waals surface area contributed by atoms with E-state index in [0.717, 1.165) is 42.3 Å². The van der Waals surface area contributed by atoms with Crippen LogP contribution in [-0.4, -0.2) is 40.3 Å². The zero-order chi connectivity index (χ0) is 24.5. The first kappa shape index (κ1) is 21.9. The molecule has 1 aliphatic carbocycles. The number of hydrogen-bond donors (Lipinski definition) is 1. The number of pyridine rings is 1. The number of anilines is 2. The van der Waals surface area contributed by atoms with Crippen molar-refractivity contribution in [2.24, 2.45) is 12.5 Å². The van der Waals surface area contributed by atoms with Gasteiger partial charge in [-0.15, -0.1) is 10.2 Å². The van der Waals surface area contributed by atoms with Crippen LogP contribution >= 0.6 is 0 Å². The van der Waals surface area contributed by atoms with Crippen molar-refractivity contribution < 1.29 is 13.2 Å². The fourth-order valence-electron chi connectivity index (χ4n) is 4.81. The third-order valence-corrected chi connectivity index (χ3v) is 7.12. The van der Waals surface area contributed by atoms with Gasteiger partial charge in [-0.1, -0.05) is 0 Å². The van der Waals surface area contributed by atoms with Crippen molar-refractivity contribution in [3.63, 3.8) is 0 Å². The number of nitrogens with one attached hydrogen (secondary N) is 1. The van der Waals surface area contributed by atoms with E-state index in [0.29, 0.717) is 30.4 Å². The highest BCUT2D eigenvalue weighted by Gasteiger charge is 2.50. The molecule has 1 aliphatic heterocycles. The lowest BCUT2D eigenvalue weighted by molar-refractivity contribution is -0.0819. The highest BCUT2D eigenvalue weighted by atomic mass is 19.3. The minimum Gasteiger partial charge on any atom is -0.344 e. The summed E-state index contributed by atoms with van der Waals surface area (Å²) in [7, 11) is 1.84. The van der Waals surface area contributed by atoms with Gasteiger partial charge in [-0.25, -0.2) is 9.37 Å². The van der Waals surface area contributed by atoms with Gasteiger partial charge in [0.15, 0.2) is 12.0 Å². The molecule has 1 saturated carbocycles. The van der Waals surface area contributed by atoms with Crippen LogP contribution in [0.3, 0.4) is 0 Å². The van der Waals surface area contributed by atoms with Crippen LogP contribution in [0.25, 0.3) is 22.6 Å². The second kappa shape index (κ2) is 7.43. The van der Waals surface area contributed by atoms with Gasteiger partial charge in [-0.3, -0.25) is 4.68 Å². The summed E-state index contributed by atoms with van der Waals surface area (Å²) < 4.78 is 48.5. The van der Waals surface area contributed by atoms with Gasteiger partial charge in [0, 0.05) is 49.6 Å². The Labute approximate surface area is 199 Å². The van der Waals surface area contributed by atoms with Gasteiger partial charge in [-0.2, -0.15) is 13.9 Å². The number of fused-ring (bicyclic) bond motifs is 3. The Hall–Kier alpha value is -3.63. The maximum absolute atomic E-state index is 14.7. The lowest BCUT2D eigenvalue weighted by atomic mass is 10.0. The second-order valence-corrected chi connectivity index (χ2v) is 9.76. The van der Waals surface area contributed by atoms with Crippen LogP contribution in [0, 0.1) is 12.3 Å². The highest BCUT2D eigenvalue weighted by molar-refractivity contribution is 5.75. The first-order valence-corrected chi connectivity index (χ1v) is 11.5. The van der Waals surface area contributed by atoms with Crippen LogP contribution in [0.4, 0.5) is 24.8 Å². The molecule has 1 spiro atoms. The number of aryl methyl sites for hydroxylation is 2. The maximum atomic E-state index is 14.7. The van der Waals surface area contributed by atoms with E-state index in [9.17, 15) is 13.2 Å². The highest BCUT2D eigenvalue weighted by Crippen LogP contribution is 2.52. The SMILES string of the molecule is Cc1cnc(Nc2ccnn2C)cc1-c1cc2n(c1)CC1(CC1)Cn1c-2nnc1C(F)(F)C(C)F. The fraction of sp³-hybridized carbons (Fsp3) is 0.417. The molecule has 2 aliphatic rings. The average Bonchev–Trinajstić information content (AvgIpc) is 3.09. The van der Waals surface area contributed by atoms with Crippen molar-refractivity contribution in [1.82, 2.24) is 34.1 Å². The molecule has 0 radical (unpaired) electrons. The summed E-state index contributed by atoms with van der Waals surface area (Å²) in [6, 6.07) is 5.76. The predicted octanol–water partition coefficient (Wildman–Crippen LogP) is 4.84. The van der Waals surface area contributed by atoms with Crippen LogP contribution < -0.4 is 5.32 Å². The fourth-order valence-corrected chi connectivity index (χ4v) is 4.81.